The number of hydrogen-bond donors (Lipinski definition) is 1. The summed E-state index contributed by atoms with van der Waals surface area (Å²) in [5, 5.41) is 6.84. The number of unbranched alkanes of at least 4 members (excludes halogenated alkanes) is 2. The van der Waals surface area contributed by atoms with Gasteiger partial charge < -0.3 is 14.6 Å². The Kier molecular flexibility index (Phi) is 6.73. The van der Waals surface area contributed by atoms with E-state index in [0.717, 1.165) is 30.6 Å². The fourth-order valence-electron chi connectivity index (χ4n) is 2.70. The summed E-state index contributed by atoms with van der Waals surface area (Å²) < 4.78 is 23.3. The number of aromatic nitrogens is 2. The quantitative estimate of drug-likeness (QED) is 0.565. The van der Waals surface area contributed by atoms with Crippen LogP contribution >= 0.6 is 0 Å². The summed E-state index contributed by atoms with van der Waals surface area (Å²) >= 11 is 0. The summed E-state index contributed by atoms with van der Waals surface area (Å²) in [6, 6.07) is 13.0. The number of benzene rings is 2. The molecular weight excluding hydrogens is 361 g/mol. The van der Waals surface area contributed by atoms with Crippen LogP contribution in [0.3, 0.4) is 0 Å². The number of rotatable bonds is 9. The van der Waals surface area contributed by atoms with Gasteiger partial charge in [-0.1, -0.05) is 11.6 Å². The third-order valence-electron chi connectivity index (χ3n) is 4.28. The molecule has 7 heteroatoms. The van der Waals surface area contributed by atoms with Crippen molar-refractivity contribution in [3.8, 4) is 17.1 Å². The number of hydrogen-bond acceptors (Lipinski definition) is 5. The first-order valence-corrected chi connectivity index (χ1v) is 9.16. The van der Waals surface area contributed by atoms with Gasteiger partial charge in [-0.25, -0.2) is 4.39 Å². The molecule has 0 unspecified atom stereocenters. The first-order chi connectivity index (χ1) is 13.7. The standard InChI is InChI=1S/C21H22FN3O3/c1-27-18-12-8-15(9-13-18)20-24-19(28-25-20)5-3-2-4-14-23-21(26)16-6-10-17(22)11-7-16/h6-13H,2-5,14H2,1H3,(H,23,26). The molecule has 2 aromatic carbocycles. The molecule has 28 heavy (non-hydrogen) atoms. The SMILES string of the molecule is COc1ccc(-c2noc(CCCCCNC(=O)c3ccc(F)cc3)n2)cc1. The maximum atomic E-state index is 12.9. The molecule has 3 rings (SSSR count). The summed E-state index contributed by atoms with van der Waals surface area (Å²) in [5.74, 6) is 1.39. The van der Waals surface area contributed by atoms with Crippen molar-refractivity contribution in [1.82, 2.24) is 15.5 Å². The summed E-state index contributed by atoms with van der Waals surface area (Å²) in [6.45, 7) is 0.567. The van der Waals surface area contributed by atoms with Crippen molar-refractivity contribution in [3.63, 3.8) is 0 Å². The van der Waals surface area contributed by atoms with Gasteiger partial charge in [-0.3, -0.25) is 4.79 Å². The van der Waals surface area contributed by atoms with Crippen LogP contribution in [0.4, 0.5) is 4.39 Å². The third kappa shape index (κ3) is 5.39. The molecule has 1 aromatic heterocycles. The van der Waals surface area contributed by atoms with Gasteiger partial charge in [-0.05, 0) is 61.4 Å². The maximum Gasteiger partial charge on any atom is 0.251 e. The van der Waals surface area contributed by atoms with Gasteiger partial charge in [-0.15, -0.1) is 0 Å². The molecule has 0 spiro atoms. The molecule has 0 atom stereocenters. The molecule has 0 aliphatic rings. The number of aryl methyl sites for hydroxylation is 1. The summed E-state index contributed by atoms with van der Waals surface area (Å²) in [4.78, 5) is 16.3. The zero-order valence-electron chi connectivity index (χ0n) is 15.7. The molecule has 0 aliphatic carbocycles. The number of amides is 1. The van der Waals surface area contributed by atoms with E-state index >= 15 is 0 Å². The van der Waals surface area contributed by atoms with Crippen LogP contribution in [0.1, 0.15) is 35.5 Å². The molecule has 0 fully saturated rings. The van der Waals surface area contributed by atoms with Crippen molar-refractivity contribution in [2.45, 2.75) is 25.7 Å². The number of carbonyl (C=O) groups is 1. The lowest BCUT2D eigenvalue weighted by Crippen LogP contribution is -2.24. The molecule has 146 valence electrons. The molecule has 6 nitrogen and oxygen atoms in total. The lowest BCUT2D eigenvalue weighted by molar-refractivity contribution is 0.0953. The molecule has 0 saturated heterocycles. The van der Waals surface area contributed by atoms with E-state index in [1.54, 1.807) is 7.11 Å². The fraction of sp³-hybridized carbons (Fsp3) is 0.286. The minimum absolute atomic E-state index is 0.193. The van der Waals surface area contributed by atoms with Gasteiger partial charge in [0.2, 0.25) is 11.7 Å². The Labute approximate surface area is 162 Å². The van der Waals surface area contributed by atoms with Gasteiger partial charge in [0.15, 0.2) is 0 Å². The Morgan fingerprint density at radius 3 is 2.54 bits per heavy atom. The predicted molar refractivity (Wildman–Crippen MR) is 103 cm³/mol. The minimum atomic E-state index is -0.354. The van der Waals surface area contributed by atoms with Crippen LogP contribution < -0.4 is 10.1 Å². The van der Waals surface area contributed by atoms with Gasteiger partial charge >= 0.3 is 0 Å². The predicted octanol–water partition coefficient (Wildman–Crippen LogP) is 4.03. The smallest absolute Gasteiger partial charge is 0.251 e. The Bertz CT molecular complexity index is 892. The Balaban J connectivity index is 1.36. The van der Waals surface area contributed by atoms with E-state index < -0.39 is 0 Å². The topological polar surface area (TPSA) is 77.3 Å². The van der Waals surface area contributed by atoms with E-state index in [2.05, 4.69) is 15.5 Å². The zero-order chi connectivity index (χ0) is 19.8. The molecule has 0 bridgehead atoms. The molecule has 0 radical (unpaired) electrons. The number of halogens is 1. The average molecular weight is 383 g/mol. The highest BCUT2D eigenvalue weighted by Gasteiger charge is 2.09. The van der Waals surface area contributed by atoms with Gasteiger partial charge in [-0.2, -0.15) is 4.98 Å². The number of nitrogens with zero attached hydrogens (tertiary/aromatic N) is 2. The number of ether oxygens (including phenoxy) is 1. The second-order valence-corrected chi connectivity index (χ2v) is 6.31. The minimum Gasteiger partial charge on any atom is -0.497 e. The van der Waals surface area contributed by atoms with Crippen LogP contribution in [0.2, 0.25) is 0 Å². The highest BCUT2D eigenvalue weighted by Crippen LogP contribution is 2.20. The molecule has 0 aliphatic heterocycles. The van der Waals surface area contributed by atoms with E-state index in [1.165, 1.54) is 24.3 Å². The van der Waals surface area contributed by atoms with E-state index in [-0.39, 0.29) is 11.7 Å². The Morgan fingerprint density at radius 2 is 1.82 bits per heavy atom. The van der Waals surface area contributed by atoms with Crippen LogP contribution in [0.25, 0.3) is 11.4 Å². The fourth-order valence-corrected chi connectivity index (χ4v) is 2.70. The van der Waals surface area contributed by atoms with Crippen molar-refractivity contribution >= 4 is 5.91 Å². The van der Waals surface area contributed by atoms with Gasteiger partial charge in [0, 0.05) is 24.1 Å². The Hall–Kier alpha value is -3.22. The summed E-state index contributed by atoms with van der Waals surface area (Å²) in [7, 11) is 1.62. The highest BCUT2D eigenvalue weighted by atomic mass is 19.1. The van der Waals surface area contributed by atoms with E-state index in [0.29, 0.717) is 30.2 Å². The van der Waals surface area contributed by atoms with Crippen molar-refractivity contribution in [2.75, 3.05) is 13.7 Å². The first-order valence-electron chi connectivity index (χ1n) is 9.16. The second kappa shape index (κ2) is 9.64. The first kappa shape index (κ1) is 19.5. The van der Waals surface area contributed by atoms with Gasteiger partial charge in [0.1, 0.15) is 11.6 Å². The molecule has 1 amide bonds. The summed E-state index contributed by atoms with van der Waals surface area (Å²) in [6.07, 6.45) is 3.34. The lowest BCUT2D eigenvalue weighted by Gasteiger charge is -2.04. The van der Waals surface area contributed by atoms with Crippen molar-refractivity contribution in [2.24, 2.45) is 0 Å². The van der Waals surface area contributed by atoms with Crippen LogP contribution in [0.15, 0.2) is 53.1 Å². The number of carbonyl (C=O) groups excluding carboxylic acids is 1. The Morgan fingerprint density at radius 1 is 1.07 bits per heavy atom. The second-order valence-electron chi connectivity index (χ2n) is 6.31. The van der Waals surface area contributed by atoms with Gasteiger partial charge in [0.05, 0.1) is 7.11 Å². The van der Waals surface area contributed by atoms with E-state index in [9.17, 15) is 9.18 Å². The molecule has 3 aromatic rings. The molecule has 1 N–H and O–H groups in total. The maximum absolute atomic E-state index is 12.9. The van der Waals surface area contributed by atoms with E-state index in [4.69, 9.17) is 9.26 Å². The highest BCUT2D eigenvalue weighted by molar-refractivity contribution is 5.94. The van der Waals surface area contributed by atoms with Crippen molar-refractivity contribution < 1.29 is 18.4 Å². The van der Waals surface area contributed by atoms with Crippen LogP contribution in [-0.2, 0) is 6.42 Å². The largest absolute Gasteiger partial charge is 0.497 e. The summed E-state index contributed by atoms with van der Waals surface area (Å²) in [5.41, 5.74) is 1.33. The number of nitrogens with one attached hydrogen (secondary N) is 1. The normalized spacial score (nSPS) is 10.6. The monoisotopic (exact) mass is 383 g/mol. The average Bonchev–Trinajstić information content (AvgIpc) is 3.20. The van der Waals surface area contributed by atoms with E-state index in [1.807, 2.05) is 24.3 Å². The van der Waals surface area contributed by atoms with Crippen LogP contribution in [0, 0.1) is 5.82 Å². The molecule has 1 heterocycles. The molecular formula is C21H22FN3O3. The molecule has 0 saturated carbocycles. The zero-order valence-corrected chi connectivity index (χ0v) is 15.7. The lowest BCUT2D eigenvalue weighted by atomic mass is 10.1. The van der Waals surface area contributed by atoms with Gasteiger partial charge in [0.25, 0.3) is 5.91 Å². The van der Waals surface area contributed by atoms with Crippen LogP contribution in [-0.4, -0.2) is 29.7 Å². The number of methoxy groups -OCH3 is 1. The van der Waals surface area contributed by atoms with Crippen LogP contribution in [0.5, 0.6) is 5.75 Å². The van der Waals surface area contributed by atoms with Crippen molar-refractivity contribution in [1.29, 1.82) is 0 Å². The van der Waals surface area contributed by atoms with Crippen molar-refractivity contribution in [3.05, 3.63) is 65.8 Å². The third-order valence-corrected chi connectivity index (χ3v) is 4.28.